The molecule has 4 nitrogen and oxygen atoms in total. The zero-order chi connectivity index (χ0) is 8.97. The first-order valence-corrected chi connectivity index (χ1v) is 4.40. The second kappa shape index (κ2) is 4.42. The van der Waals surface area contributed by atoms with Crippen LogP contribution in [0.1, 0.15) is 12.8 Å². The van der Waals surface area contributed by atoms with Gasteiger partial charge in [0.05, 0.1) is 6.54 Å². The Morgan fingerprint density at radius 1 is 1.75 bits per heavy atom. The molecule has 1 fully saturated rings. The van der Waals surface area contributed by atoms with E-state index in [0.29, 0.717) is 6.04 Å². The lowest BCUT2D eigenvalue weighted by molar-refractivity contribution is -0.120. The Hall–Kier alpha value is -0.610. The van der Waals surface area contributed by atoms with Gasteiger partial charge in [0.15, 0.2) is 0 Å². The van der Waals surface area contributed by atoms with Crippen molar-refractivity contribution in [3.05, 3.63) is 0 Å². The van der Waals surface area contributed by atoms with E-state index in [-0.39, 0.29) is 12.5 Å². The molecule has 0 aromatic heterocycles. The van der Waals surface area contributed by atoms with E-state index in [0.717, 1.165) is 25.9 Å². The lowest BCUT2D eigenvalue weighted by atomic mass is 10.1. The van der Waals surface area contributed by atoms with Crippen LogP contribution in [0, 0.1) is 0 Å². The molecule has 1 atom stereocenters. The summed E-state index contributed by atoms with van der Waals surface area (Å²) in [6.45, 7) is 2.18. The Morgan fingerprint density at radius 3 is 3.08 bits per heavy atom. The molecular weight excluding hydrogens is 154 g/mol. The first kappa shape index (κ1) is 9.48. The minimum atomic E-state index is -0.0460. The topological polar surface area (TPSA) is 58.4 Å². The van der Waals surface area contributed by atoms with Crippen LogP contribution in [0.15, 0.2) is 0 Å². The van der Waals surface area contributed by atoms with Crippen molar-refractivity contribution in [3.8, 4) is 0 Å². The molecule has 0 aromatic carbocycles. The van der Waals surface area contributed by atoms with Gasteiger partial charge in [-0.1, -0.05) is 0 Å². The maximum absolute atomic E-state index is 10.9. The number of rotatable bonds is 2. The van der Waals surface area contributed by atoms with Crippen LogP contribution < -0.4 is 11.1 Å². The van der Waals surface area contributed by atoms with E-state index in [1.54, 1.807) is 0 Å². The molecule has 1 heterocycles. The molecule has 0 bridgehead atoms. The molecule has 0 saturated carbocycles. The van der Waals surface area contributed by atoms with Crippen LogP contribution in [-0.2, 0) is 4.79 Å². The van der Waals surface area contributed by atoms with Gasteiger partial charge in [0.25, 0.3) is 0 Å². The largest absolute Gasteiger partial charge is 0.351 e. The number of nitrogens with two attached hydrogens (primary N) is 1. The first-order valence-electron chi connectivity index (χ1n) is 4.40. The SMILES string of the molecule is CN1CCC[C@H](NC(=O)CN)C1. The van der Waals surface area contributed by atoms with Crippen LogP contribution in [0.25, 0.3) is 0 Å². The van der Waals surface area contributed by atoms with Gasteiger partial charge in [-0.15, -0.1) is 0 Å². The predicted octanol–water partition coefficient (Wildman–Crippen LogP) is -0.844. The zero-order valence-corrected chi connectivity index (χ0v) is 7.55. The summed E-state index contributed by atoms with van der Waals surface area (Å²) in [4.78, 5) is 13.2. The van der Waals surface area contributed by atoms with Gasteiger partial charge >= 0.3 is 0 Å². The van der Waals surface area contributed by atoms with Crippen molar-refractivity contribution < 1.29 is 4.79 Å². The van der Waals surface area contributed by atoms with Gasteiger partial charge in [0.1, 0.15) is 0 Å². The highest BCUT2D eigenvalue weighted by Gasteiger charge is 2.17. The molecular formula is C8H17N3O. The highest BCUT2D eigenvalue weighted by molar-refractivity contribution is 5.78. The number of hydrogen-bond acceptors (Lipinski definition) is 3. The number of hydrogen-bond donors (Lipinski definition) is 2. The van der Waals surface area contributed by atoms with E-state index in [1.807, 2.05) is 0 Å². The van der Waals surface area contributed by atoms with Crippen molar-refractivity contribution in [3.63, 3.8) is 0 Å². The van der Waals surface area contributed by atoms with Crippen LogP contribution in [0.3, 0.4) is 0 Å². The molecule has 70 valence electrons. The molecule has 3 N–H and O–H groups in total. The maximum Gasteiger partial charge on any atom is 0.233 e. The Kier molecular flexibility index (Phi) is 3.49. The molecule has 0 unspecified atom stereocenters. The summed E-state index contributed by atoms with van der Waals surface area (Å²) in [7, 11) is 2.07. The smallest absolute Gasteiger partial charge is 0.233 e. The summed E-state index contributed by atoms with van der Waals surface area (Å²) in [5.41, 5.74) is 5.20. The van der Waals surface area contributed by atoms with E-state index in [1.165, 1.54) is 0 Å². The minimum absolute atomic E-state index is 0.0460. The van der Waals surface area contributed by atoms with Gasteiger partial charge in [-0.05, 0) is 26.4 Å². The van der Waals surface area contributed by atoms with Crippen LogP contribution in [0.4, 0.5) is 0 Å². The second-order valence-electron chi connectivity index (χ2n) is 3.37. The third kappa shape index (κ3) is 2.79. The Labute approximate surface area is 73.1 Å². The number of carbonyl (C=O) groups excluding carboxylic acids is 1. The third-order valence-corrected chi connectivity index (χ3v) is 2.17. The molecule has 12 heavy (non-hydrogen) atoms. The van der Waals surface area contributed by atoms with Gasteiger partial charge in [-0.3, -0.25) is 4.79 Å². The van der Waals surface area contributed by atoms with E-state index in [4.69, 9.17) is 5.73 Å². The number of likely N-dealkylation sites (tertiary alicyclic amines) is 1. The van der Waals surface area contributed by atoms with E-state index in [2.05, 4.69) is 17.3 Å². The fourth-order valence-electron chi connectivity index (χ4n) is 1.57. The fourth-order valence-corrected chi connectivity index (χ4v) is 1.57. The zero-order valence-electron chi connectivity index (χ0n) is 7.55. The van der Waals surface area contributed by atoms with Crippen LogP contribution in [-0.4, -0.2) is 43.5 Å². The summed E-state index contributed by atoms with van der Waals surface area (Å²) < 4.78 is 0. The van der Waals surface area contributed by atoms with Crippen molar-refractivity contribution >= 4 is 5.91 Å². The summed E-state index contributed by atoms with van der Waals surface area (Å²) in [6, 6.07) is 0.305. The molecule has 0 aromatic rings. The van der Waals surface area contributed by atoms with Gasteiger partial charge in [-0.2, -0.15) is 0 Å². The summed E-state index contributed by atoms with van der Waals surface area (Å²) >= 11 is 0. The Balaban J connectivity index is 2.27. The van der Waals surface area contributed by atoms with Gasteiger partial charge in [0, 0.05) is 12.6 Å². The standard InChI is InChI=1S/C8H17N3O/c1-11-4-2-3-7(6-11)10-8(12)5-9/h7H,2-6,9H2,1H3,(H,10,12)/t7-/m0/s1. The number of nitrogens with zero attached hydrogens (tertiary/aromatic N) is 1. The first-order chi connectivity index (χ1) is 5.72. The molecule has 0 spiro atoms. The molecule has 4 heteroatoms. The number of likely N-dealkylation sites (N-methyl/N-ethyl adjacent to an activating group) is 1. The Morgan fingerprint density at radius 2 is 2.50 bits per heavy atom. The number of carbonyl (C=O) groups is 1. The van der Waals surface area contributed by atoms with Crippen molar-refractivity contribution in [2.75, 3.05) is 26.7 Å². The monoisotopic (exact) mass is 171 g/mol. The Bertz CT molecular complexity index is 160. The number of piperidine rings is 1. The van der Waals surface area contributed by atoms with Crippen molar-refractivity contribution in [2.45, 2.75) is 18.9 Å². The number of amides is 1. The maximum atomic E-state index is 10.9. The average Bonchev–Trinajstić information content (AvgIpc) is 2.04. The fraction of sp³-hybridized carbons (Fsp3) is 0.875. The highest BCUT2D eigenvalue weighted by atomic mass is 16.1. The molecule has 1 aliphatic heterocycles. The summed E-state index contributed by atoms with van der Waals surface area (Å²) in [5.74, 6) is -0.0460. The third-order valence-electron chi connectivity index (χ3n) is 2.17. The van der Waals surface area contributed by atoms with E-state index in [9.17, 15) is 4.79 Å². The molecule has 1 rings (SSSR count). The average molecular weight is 171 g/mol. The summed E-state index contributed by atoms with van der Waals surface area (Å²) in [5, 5.41) is 2.89. The van der Waals surface area contributed by atoms with Crippen LogP contribution >= 0.6 is 0 Å². The van der Waals surface area contributed by atoms with E-state index < -0.39 is 0 Å². The number of nitrogens with one attached hydrogen (secondary N) is 1. The lowest BCUT2D eigenvalue weighted by Crippen LogP contribution is -2.47. The second-order valence-corrected chi connectivity index (χ2v) is 3.37. The minimum Gasteiger partial charge on any atom is -0.351 e. The van der Waals surface area contributed by atoms with Gasteiger partial charge in [-0.25, -0.2) is 0 Å². The predicted molar refractivity (Wildman–Crippen MR) is 47.7 cm³/mol. The lowest BCUT2D eigenvalue weighted by Gasteiger charge is -2.30. The molecule has 0 aliphatic carbocycles. The highest BCUT2D eigenvalue weighted by Crippen LogP contribution is 2.07. The van der Waals surface area contributed by atoms with Gasteiger partial charge < -0.3 is 16.0 Å². The summed E-state index contributed by atoms with van der Waals surface area (Å²) in [6.07, 6.45) is 2.24. The van der Waals surface area contributed by atoms with Crippen molar-refractivity contribution in [1.82, 2.24) is 10.2 Å². The van der Waals surface area contributed by atoms with Crippen LogP contribution in [0.2, 0.25) is 0 Å². The van der Waals surface area contributed by atoms with E-state index >= 15 is 0 Å². The molecule has 1 amide bonds. The van der Waals surface area contributed by atoms with Gasteiger partial charge in [0.2, 0.25) is 5.91 Å². The van der Waals surface area contributed by atoms with Crippen molar-refractivity contribution in [2.24, 2.45) is 5.73 Å². The molecule has 1 aliphatic rings. The quantitative estimate of drug-likeness (QED) is 0.569. The molecule has 0 radical (unpaired) electrons. The van der Waals surface area contributed by atoms with Crippen LogP contribution in [0.5, 0.6) is 0 Å². The normalized spacial score (nSPS) is 25.3. The van der Waals surface area contributed by atoms with Crippen molar-refractivity contribution in [1.29, 1.82) is 0 Å². The molecule has 1 saturated heterocycles.